The number of aromatic nitrogens is 1. The summed E-state index contributed by atoms with van der Waals surface area (Å²) in [4.78, 5) is 33.8. The molecule has 1 aliphatic heterocycles. The lowest BCUT2D eigenvalue weighted by atomic mass is 9.95. The molecule has 0 saturated carbocycles. The first kappa shape index (κ1) is 25.0. The summed E-state index contributed by atoms with van der Waals surface area (Å²) in [5.74, 6) is -0.905. The number of aryl methyl sites for hydroxylation is 2. The number of hydrogen-bond donors (Lipinski definition) is 1. The zero-order chi connectivity index (χ0) is 27.1. The van der Waals surface area contributed by atoms with E-state index in [9.17, 15) is 14.7 Å². The lowest BCUT2D eigenvalue weighted by Gasteiger charge is -2.24. The molecule has 5 aromatic rings. The van der Waals surface area contributed by atoms with Gasteiger partial charge >= 0.3 is 0 Å². The number of fused-ring (bicyclic) bond motifs is 1. The molecule has 1 aliphatic rings. The van der Waals surface area contributed by atoms with Crippen LogP contribution < -0.4 is 9.64 Å². The molecule has 0 saturated heterocycles. The Kier molecular flexibility index (Phi) is 6.50. The highest BCUT2D eigenvalue weighted by Gasteiger charge is 2.46. The van der Waals surface area contributed by atoms with Crippen molar-refractivity contribution in [3.8, 4) is 5.75 Å². The van der Waals surface area contributed by atoms with Gasteiger partial charge in [-0.2, -0.15) is 0 Å². The second-order valence-corrected chi connectivity index (χ2v) is 11.4. The van der Waals surface area contributed by atoms with E-state index in [4.69, 9.17) is 9.72 Å². The van der Waals surface area contributed by atoms with Crippen LogP contribution in [0, 0.1) is 13.8 Å². The summed E-state index contributed by atoms with van der Waals surface area (Å²) in [5.41, 5.74) is 4.67. The zero-order valence-electron chi connectivity index (χ0n) is 21.3. The molecule has 8 heteroatoms. The first-order valence-electron chi connectivity index (χ1n) is 12.4. The van der Waals surface area contributed by atoms with E-state index in [-0.39, 0.29) is 11.4 Å². The number of aliphatic hydroxyl groups excluding tert-OH is 1. The number of nitrogens with zero attached hydrogens (tertiary/aromatic N) is 2. The molecule has 3 aromatic carbocycles. The van der Waals surface area contributed by atoms with Gasteiger partial charge < -0.3 is 9.84 Å². The topological polar surface area (TPSA) is 79.7 Å². The maximum atomic E-state index is 13.6. The van der Waals surface area contributed by atoms with E-state index in [1.165, 1.54) is 27.6 Å². The molecule has 1 unspecified atom stereocenters. The Labute approximate surface area is 233 Å². The van der Waals surface area contributed by atoms with Crippen LogP contribution in [0.3, 0.4) is 0 Å². The molecule has 0 fully saturated rings. The predicted octanol–water partition coefficient (Wildman–Crippen LogP) is 7.34. The summed E-state index contributed by atoms with van der Waals surface area (Å²) in [6.07, 6.45) is 0. The Morgan fingerprint density at radius 1 is 1.03 bits per heavy atom. The Morgan fingerprint density at radius 2 is 1.79 bits per heavy atom. The van der Waals surface area contributed by atoms with E-state index >= 15 is 0 Å². The quantitative estimate of drug-likeness (QED) is 0.214. The first-order chi connectivity index (χ1) is 18.9. The summed E-state index contributed by atoms with van der Waals surface area (Å²) in [5, 5.41) is 13.3. The van der Waals surface area contributed by atoms with Crippen molar-refractivity contribution in [3.63, 3.8) is 0 Å². The monoisotopic (exact) mass is 552 g/mol. The molecule has 39 heavy (non-hydrogen) atoms. The highest BCUT2D eigenvalue weighted by molar-refractivity contribution is 7.22. The van der Waals surface area contributed by atoms with Crippen molar-refractivity contribution in [1.29, 1.82) is 0 Å². The van der Waals surface area contributed by atoms with E-state index in [0.29, 0.717) is 27.9 Å². The Hall–Kier alpha value is -4.27. The number of amides is 1. The van der Waals surface area contributed by atoms with Crippen LogP contribution in [0.4, 0.5) is 5.13 Å². The van der Waals surface area contributed by atoms with Gasteiger partial charge in [0.15, 0.2) is 10.9 Å². The summed E-state index contributed by atoms with van der Waals surface area (Å²) < 4.78 is 6.88. The fourth-order valence-electron chi connectivity index (χ4n) is 4.84. The minimum atomic E-state index is -0.836. The molecule has 1 atom stereocenters. The molecule has 6 nitrogen and oxygen atoms in total. The molecular formula is C31H24N2O4S2. The number of benzene rings is 3. The van der Waals surface area contributed by atoms with Gasteiger partial charge in [-0.3, -0.25) is 14.5 Å². The normalized spacial score (nSPS) is 15.4. The third-order valence-corrected chi connectivity index (χ3v) is 8.54. The van der Waals surface area contributed by atoms with Gasteiger partial charge in [0.2, 0.25) is 5.78 Å². The molecule has 6 rings (SSSR count). The van der Waals surface area contributed by atoms with Crippen LogP contribution in [0.1, 0.15) is 38.0 Å². The maximum absolute atomic E-state index is 13.6. The van der Waals surface area contributed by atoms with Gasteiger partial charge in [-0.15, -0.1) is 11.3 Å². The molecule has 2 aromatic heterocycles. The van der Waals surface area contributed by atoms with Crippen molar-refractivity contribution in [3.05, 3.63) is 123 Å². The molecule has 0 spiro atoms. The number of thiophene rings is 1. The highest BCUT2D eigenvalue weighted by atomic mass is 32.1. The van der Waals surface area contributed by atoms with E-state index < -0.39 is 17.7 Å². The predicted molar refractivity (Wildman–Crippen MR) is 155 cm³/mol. The minimum Gasteiger partial charge on any atom is -0.503 e. The largest absolute Gasteiger partial charge is 0.503 e. The van der Waals surface area contributed by atoms with Gasteiger partial charge in [0.1, 0.15) is 12.4 Å². The molecule has 0 bridgehead atoms. The van der Waals surface area contributed by atoms with E-state index in [1.54, 1.807) is 17.5 Å². The van der Waals surface area contributed by atoms with Gasteiger partial charge in [0, 0.05) is 0 Å². The van der Waals surface area contributed by atoms with Crippen LogP contribution in [0.5, 0.6) is 5.75 Å². The molecular weight excluding hydrogens is 528 g/mol. The smallest absolute Gasteiger partial charge is 0.296 e. The number of carbonyl (C=O) groups is 2. The molecule has 0 aliphatic carbocycles. The van der Waals surface area contributed by atoms with Crippen LogP contribution >= 0.6 is 22.7 Å². The van der Waals surface area contributed by atoms with Crippen molar-refractivity contribution in [2.45, 2.75) is 26.5 Å². The van der Waals surface area contributed by atoms with E-state index in [1.807, 2.05) is 80.6 Å². The molecule has 194 valence electrons. The maximum Gasteiger partial charge on any atom is 0.296 e. The van der Waals surface area contributed by atoms with Crippen LogP contribution in [0.15, 0.2) is 95.6 Å². The van der Waals surface area contributed by atoms with Crippen molar-refractivity contribution in [2.24, 2.45) is 0 Å². The molecule has 0 radical (unpaired) electrons. The number of rotatable bonds is 7. The van der Waals surface area contributed by atoms with Crippen molar-refractivity contribution < 1.29 is 19.4 Å². The lowest BCUT2D eigenvalue weighted by molar-refractivity contribution is -0.117. The highest BCUT2D eigenvalue weighted by Crippen LogP contribution is 2.45. The third-order valence-electron chi connectivity index (χ3n) is 6.67. The summed E-state index contributed by atoms with van der Waals surface area (Å²) >= 11 is 2.64. The second-order valence-electron chi connectivity index (χ2n) is 9.41. The van der Waals surface area contributed by atoms with Gasteiger partial charge in [0.05, 0.1) is 26.7 Å². The second kappa shape index (κ2) is 10.1. The first-order valence-corrected chi connectivity index (χ1v) is 14.1. The van der Waals surface area contributed by atoms with Gasteiger partial charge in [-0.25, -0.2) is 4.98 Å². The number of thiazole rings is 1. The average Bonchev–Trinajstić information content (AvgIpc) is 3.67. The summed E-state index contributed by atoms with van der Waals surface area (Å²) in [6.45, 7) is 4.42. The Bertz CT molecular complexity index is 1720. The van der Waals surface area contributed by atoms with Gasteiger partial charge in [-0.1, -0.05) is 65.9 Å². The van der Waals surface area contributed by atoms with Crippen LogP contribution in [-0.2, 0) is 11.4 Å². The summed E-state index contributed by atoms with van der Waals surface area (Å²) in [7, 11) is 0. The third kappa shape index (κ3) is 4.62. The lowest BCUT2D eigenvalue weighted by Crippen LogP contribution is -2.30. The molecule has 1 amide bonds. The van der Waals surface area contributed by atoms with Crippen molar-refractivity contribution in [1.82, 2.24) is 4.98 Å². The number of aliphatic hydroxyl groups is 1. The fraction of sp³-hybridized carbons (Fsp3) is 0.129. The van der Waals surface area contributed by atoms with E-state index in [2.05, 4.69) is 0 Å². The number of ketones is 1. The van der Waals surface area contributed by atoms with Gasteiger partial charge in [0.25, 0.3) is 5.91 Å². The number of Topliss-reactive ketones (excluding diaryl/α,β-unsaturated/α-hetero) is 1. The number of anilines is 1. The number of hydrogen-bond acceptors (Lipinski definition) is 7. The Morgan fingerprint density at radius 3 is 2.51 bits per heavy atom. The minimum absolute atomic E-state index is 0.0487. The van der Waals surface area contributed by atoms with Crippen molar-refractivity contribution >= 4 is 49.7 Å². The Balaban J connectivity index is 1.40. The number of carbonyl (C=O) groups excluding carboxylic acids is 2. The average molecular weight is 553 g/mol. The van der Waals surface area contributed by atoms with Gasteiger partial charge in [-0.05, 0) is 65.7 Å². The molecule has 1 N–H and O–H groups in total. The molecule has 3 heterocycles. The van der Waals surface area contributed by atoms with Crippen LogP contribution in [0.2, 0.25) is 0 Å². The standard InChI is InChI=1S/C31H24N2O4S2/c1-18-15-19(2)26-24(16-18)39-31(32-26)33-27(25(29(35)30(33)36)28(34)23-9-6-14-38-23)21-10-12-22(13-11-21)37-17-20-7-4-3-5-8-20/h3-16,27,35H,17H2,1-2H3. The van der Waals surface area contributed by atoms with Crippen LogP contribution in [-0.4, -0.2) is 21.8 Å². The van der Waals surface area contributed by atoms with Crippen molar-refractivity contribution in [2.75, 3.05) is 4.90 Å². The zero-order valence-corrected chi connectivity index (χ0v) is 22.9. The van der Waals surface area contributed by atoms with Crippen LogP contribution in [0.25, 0.3) is 10.2 Å². The SMILES string of the molecule is Cc1cc(C)c2nc(N3C(=O)C(O)=C(C(=O)c4cccs4)C3c3ccc(OCc4ccccc4)cc3)sc2c1. The number of ether oxygens (including phenoxy) is 1. The fourth-order valence-corrected chi connectivity index (χ4v) is 6.69. The van der Waals surface area contributed by atoms with E-state index in [0.717, 1.165) is 26.9 Å². The summed E-state index contributed by atoms with van der Waals surface area (Å²) in [6, 6.07) is 23.9.